The Labute approximate surface area is 119 Å². The number of nitrogens with one attached hydrogen (secondary N) is 2. The monoisotopic (exact) mass is 298 g/mol. The lowest BCUT2D eigenvalue weighted by Crippen LogP contribution is -2.39. The Hall–Kier alpha value is -2.43. The molecule has 0 aromatic heterocycles. The maximum absolute atomic E-state index is 12.4. The van der Waals surface area contributed by atoms with Crippen molar-refractivity contribution in [2.45, 2.75) is 18.6 Å². The molecule has 1 aliphatic heterocycles. The Morgan fingerprint density at radius 2 is 2.00 bits per heavy atom. The average Bonchev–Trinajstić information content (AvgIpc) is 2.85. The van der Waals surface area contributed by atoms with Crippen molar-refractivity contribution in [3.63, 3.8) is 0 Å². The minimum atomic E-state index is -4.40. The number of benzene rings is 1. The Kier molecular flexibility index (Phi) is 4.21. The van der Waals surface area contributed by atoms with E-state index in [4.69, 9.17) is 5.26 Å². The number of halogens is 3. The summed E-state index contributed by atoms with van der Waals surface area (Å²) in [7, 11) is 0. The van der Waals surface area contributed by atoms with Gasteiger partial charge in [-0.1, -0.05) is 0 Å². The summed E-state index contributed by atoms with van der Waals surface area (Å²) >= 11 is 0. The number of anilines is 1. The second-order valence-electron chi connectivity index (χ2n) is 4.71. The zero-order chi connectivity index (χ0) is 15.5. The fourth-order valence-corrected chi connectivity index (χ4v) is 2.06. The number of nitriles is 1. The first-order chi connectivity index (χ1) is 9.88. The number of carbonyl (C=O) groups is 1. The first kappa shape index (κ1) is 15.0. The Morgan fingerprint density at radius 3 is 2.52 bits per heavy atom. The third-order valence-corrected chi connectivity index (χ3v) is 3.13. The summed E-state index contributed by atoms with van der Waals surface area (Å²) in [5.41, 5.74) is -0.496. The molecule has 1 aromatic rings. The molecule has 2 amide bonds. The van der Waals surface area contributed by atoms with Crippen molar-refractivity contribution in [1.29, 1.82) is 5.26 Å². The fraction of sp³-hybridized carbons (Fsp3) is 0.385. The molecule has 0 radical (unpaired) electrons. The Bertz CT molecular complexity index is 550. The Morgan fingerprint density at radius 1 is 1.33 bits per heavy atom. The molecule has 1 fully saturated rings. The van der Waals surface area contributed by atoms with Crippen LogP contribution in [0.1, 0.15) is 12.0 Å². The molecule has 0 bridgehead atoms. The molecule has 8 heteroatoms. The van der Waals surface area contributed by atoms with E-state index in [0.29, 0.717) is 19.5 Å². The van der Waals surface area contributed by atoms with Crippen LogP contribution in [0.3, 0.4) is 0 Å². The number of hydrogen-bond donors (Lipinski definition) is 2. The number of rotatable bonds is 2. The molecule has 0 saturated carbocycles. The summed E-state index contributed by atoms with van der Waals surface area (Å²) in [6.45, 7) is 1.03. The summed E-state index contributed by atoms with van der Waals surface area (Å²) in [5.74, 6) is 0. The molecule has 1 heterocycles. The van der Waals surface area contributed by atoms with Crippen molar-refractivity contribution in [3.8, 4) is 6.19 Å². The van der Waals surface area contributed by atoms with Gasteiger partial charge >= 0.3 is 12.2 Å². The second kappa shape index (κ2) is 5.91. The van der Waals surface area contributed by atoms with Crippen LogP contribution in [0.25, 0.3) is 0 Å². The molecule has 1 atom stereocenters. The molecule has 2 rings (SSSR count). The van der Waals surface area contributed by atoms with Gasteiger partial charge in [-0.3, -0.25) is 0 Å². The van der Waals surface area contributed by atoms with Crippen LogP contribution in [0.2, 0.25) is 0 Å². The zero-order valence-corrected chi connectivity index (χ0v) is 10.9. The normalized spacial score (nSPS) is 18.2. The first-order valence-electron chi connectivity index (χ1n) is 6.28. The number of carbonyl (C=O) groups excluding carboxylic acids is 1. The SMILES string of the molecule is N#CN1CCC(NC(=O)Nc2ccc(C(F)(F)F)cc2)C1. The first-order valence-corrected chi connectivity index (χ1v) is 6.28. The van der Waals surface area contributed by atoms with Gasteiger partial charge < -0.3 is 15.5 Å². The highest BCUT2D eigenvalue weighted by Crippen LogP contribution is 2.29. The molecule has 1 aliphatic rings. The van der Waals surface area contributed by atoms with Crippen LogP contribution in [-0.4, -0.2) is 30.1 Å². The second-order valence-corrected chi connectivity index (χ2v) is 4.71. The zero-order valence-electron chi connectivity index (χ0n) is 10.9. The van der Waals surface area contributed by atoms with Gasteiger partial charge in [0.1, 0.15) is 0 Å². The van der Waals surface area contributed by atoms with E-state index < -0.39 is 17.8 Å². The highest BCUT2D eigenvalue weighted by atomic mass is 19.4. The number of hydrogen-bond acceptors (Lipinski definition) is 3. The lowest BCUT2D eigenvalue weighted by atomic mass is 10.2. The molecule has 21 heavy (non-hydrogen) atoms. The van der Waals surface area contributed by atoms with Gasteiger partial charge in [-0.15, -0.1) is 0 Å². The molecule has 5 nitrogen and oxygen atoms in total. The summed E-state index contributed by atoms with van der Waals surface area (Å²) in [4.78, 5) is 13.2. The van der Waals surface area contributed by atoms with E-state index >= 15 is 0 Å². The van der Waals surface area contributed by atoms with Crippen LogP contribution < -0.4 is 10.6 Å². The van der Waals surface area contributed by atoms with Gasteiger partial charge in [-0.25, -0.2) is 4.79 Å². The number of nitrogens with zero attached hydrogens (tertiary/aromatic N) is 2. The van der Waals surface area contributed by atoms with Crippen molar-refractivity contribution < 1.29 is 18.0 Å². The van der Waals surface area contributed by atoms with Crippen molar-refractivity contribution in [3.05, 3.63) is 29.8 Å². The van der Waals surface area contributed by atoms with E-state index in [1.54, 1.807) is 0 Å². The molecule has 0 aliphatic carbocycles. The van der Waals surface area contributed by atoms with E-state index in [1.807, 2.05) is 6.19 Å². The number of amides is 2. The molecular weight excluding hydrogens is 285 g/mol. The fourth-order valence-electron chi connectivity index (χ4n) is 2.06. The molecule has 2 N–H and O–H groups in total. The lowest BCUT2D eigenvalue weighted by molar-refractivity contribution is -0.137. The maximum atomic E-state index is 12.4. The van der Waals surface area contributed by atoms with Crippen molar-refractivity contribution in [1.82, 2.24) is 10.2 Å². The topological polar surface area (TPSA) is 68.2 Å². The van der Waals surface area contributed by atoms with Gasteiger partial charge in [0, 0.05) is 18.8 Å². The van der Waals surface area contributed by atoms with Crippen LogP contribution >= 0.6 is 0 Å². The van der Waals surface area contributed by atoms with Crippen LogP contribution in [0.5, 0.6) is 0 Å². The van der Waals surface area contributed by atoms with E-state index in [0.717, 1.165) is 12.1 Å². The third kappa shape index (κ3) is 4.02. The highest BCUT2D eigenvalue weighted by molar-refractivity contribution is 5.89. The summed E-state index contributed by atoms with van der Waals surface area (Å²) in [6.07, 6.45) is -1.74. The average molecular weight is 298 g/mol. The van der Waals surface area contributed by atoms with Crippen LogP contribution in [-0.2, 0) is 6.18 Å². The molecule has 1 aromatic carbocycles. The minimum Gasteiger partial charge on any atom is -0.333 e. The molecule has 1 saturated heterocycles. The summed E-state index contributed by atoms with van der Waals surface area (Å²) in [5, 5.41) is 13.8. The van der Waals surface area contributed by atoms with Gasteiger partial charge in [0.15, 0.2) is 6.19 Å². The van der Waals surface area contributed by atoms with E-state index in [-0.39, 0.29) is 11.7 Å². The van der Waals surface area contributed by atoms with Crippen LogP contribution in [0, 0.1) is 11.5 Å². The summed E-state index contributed by atoms with van der Waals surface area (Å²) < 4.78 is 37.2. The van der Waals surface area contributed by atoms with E-state index in [1.165, 1.54) is 17.0 Å². The predicted molar refractivity (Wildman–Crippen MR) is 69.2 cm³/mol. The van der Waals surface area contributed by atoms with Crippen molar-refractivity contribution in [2.75, 3.05) is 18.4 Å². The summed E-state index contributed by atoms with van der Waals surface area (Å²) in [6, 6.07) is 3.56. The lowest BCUT2D eigenvalue weighted by Gasteiger charge is -2.13. The van der Waals surface area contributed by atoms with Crippen molar-refractivity contribution in [2.24, 2.45) is 0 Å². The van der Waals surface area contributed by atoms with Crippen molar-refractivity contribution >= 4 is 11.7 Å². The third-order valence-electron chi connectivity index (χ3n) is 3.13. The highest BCUT2D eigenvalue weighted by Gasteiger charge is 2.30. The largest absolute Gasteiger partial charge is 0.416 e. The predicted octanol–water partition coefficient (Wildman–Crippen LogP) is 2.38. The molecule has 1 unspecified atom stereocenters. The Balaban J connectivity index is 1.87. The number of urea groups is 1. The molecular formula is C13H13F3N4O. The number of likely N-dealkylation sites (tertiary alicyclic amines) is 1. The minimum absolute atomic E-state index is 0.140. The quantitative estimate of drug-likeness (QED) is 0.824. The van der Waals surface area contributed by atoms with Gasteiger partial charge in [0.25, 0.3) is 0 Å². The number of alkyl halides is 3. The molecule has 0 spiro atoms. The van der Waals surface area contributed by atoms with E-state index in [2.05, 4.69) is 10.6 Å². The van der Waals surface area contributed by atoms with Gasteiger partial charge in [-0.05, 0) is 30.7 Å². The smallest absolute Gasteiger partial charge is 0.333 e. The van der Waals surface area contributed by atoms with Gasteiger partial charge in [-0.2, -0.15) is 18.4 Å². The van der Waals surface area contributed by atoms with Gasteiger partial charge in [0.2, 0.25) is 0 Å². The van der Waals surface area contributed by atoms with Crippen LogP contribution in [0.15, 0.2) is 24.3 Å². The molecule has 112 valence electrons. The standard InChI is InChI=1S/C13H13F3N4O/c14-13(15,16)9-1-3-10(4-2-9)18-12(21)19-11-5-6-20(7-11)8-17/h1-4,11H,5-7H2,(H2,18,19,21). The van der Waals surface area contributed by atoms with E-state index in [9.17, 15) is 18.0 Å². The van der Waals surface area contributed by atoms with Crippen LogP contribution in [0.4, 0.5) is 23.7 Å². The van der Waals surface area contributed by atoms with Gasteiger partial charge in [0.05, 0.1) is 11.6 Å². The maximum Gasteiger partial charge on any atom is 0.416 e.